The van der Waals surface area contributed by atoms with Crippen molar-refractivity contribution < 1.29 is 26.9 Å². The molecule has 2 aromatic carbocycles. The van der Waals surface area contributed by atoms with Crippen molar-refractivity contribution in [3.8, 4) is 0 Å². The first-order valence-corrected chi connectivity index (χ1v) is 13.8. The predicted molar refractivity (Wildman–Crippen MR) is 141 cm³/mol. The average molecular weight is 576 g/mol. The Morgan fingerprint density at radius 3 is 2.38 bits per heavy atom. The Balaban J connectivity index is 1.40. The number of sulfonamides is 1. The third-order valence-corrected chi connectivity index (χ3v) is 9.34. The average Bonchev–Trinajstić information content (AvgIpc) is 3.41. The number of H-pyrrole nitrogens is 1. The van der Waals surface area contributed by atoms with E-state index in [1.165, 1.54) is 12.1 Å². The number of nitrogens with one attached hydrogen (secondary N) is 2. The molecule has 0 atom stereocenters. The predicted octanol–water partition coefficient (Wildman–Crippen LogP) is 3.04. The highest BCUT2D eigenvalue weighted by Crippen LogP contribution is 2.44. The number of carbonyl (C=O) groups excluding carboxylic acids is 1. The van der Waals surface area contributed by atoms with E-state index < -0.39 is 42.9 Å². The first-order valence-electron chi connectivity index (χ1n) is 12.4. The summed E-state index contributed by atoms with van der Waals surface area (Å²) in [6.45, 7) is 5.67. The number of halogens is 2. The minimum absolute atomic E-state index is 0.0262. The van der Waals surface area contributed by atoms with Gasteiger partial charge in [-0.3, -0.25) is 20.0 Å². The second-order valence-corrected chi connectivity index (χ2v) is 12.2. The van der Waals surface area contributed by atoms with Gasteiger partial charge in [0.15, 0.2) is 5.82 Å². The van der Waals surface area contributed by atoms with Crippen molar-refractivity contribution in [3.63, 3.8) is 0 Å². The molecule has 3 aromatic rings. The molecule has 0 bridgehead atoms. The molecule has 0 aliphatic carbocycles. The number of rotatable bonds is 6. The lowest BCUT2D eigenvalue weighted by Gasteiger charge is -2.33. The summed E-state index contributed by atoms with van der Waals surface area (Å²) >= 11 is 0. The number of aromatic amines is 1. The van der Waals surface area contributed by atoms with E-state index in [0.29, 0.717) is 36.1 Å². The number of piperazine rings is 1. The van der Waals surface area contributed by atoms with Gasteiger partial charge in [-0.15, -0.1) is 0 Å². The van der Waals surface area contributed by atoms with E-state index in [1.54, 1.807) is 19.9 Å². The van der Waals surface area contributed by atoms with E-state index >= 15 is 0 Å². The van der Waals surface area contributed by atoms with Crippen LogP contribution in [0.25, 0.3) is 0 Å². The zero-order chi connectivity index (χ0) is 29.0. The fourth-order valence-electron chi connectivity index (χ4n) is 5.09. The maximum absolute atomic E-state index is 13.8. The van der Waals surface area contributed by atoms with Gasteiger partial charge in [0.1, 0.15) is 17.3 Å². The number of hydrogen-bond donors (Lipinski definition) is 2. The lowest BCUT2D eigenvalue weighted by atomic mass is 10.0. The molecule has 2 aliphatic heterocycles. The van der Waals surface area contributed by atoms with Gasteiger partial charge in [0.25, 0.3) is 11.6 Å². The van der Waals surface area contributed by atoms with Gasteiger partial charge < -0.3 is 15.1 Å². The normalized spacial score (nSPS) is 17.6. The van der Waals surface area contributed by atoms with Crippen molar-refractivity contribution in [1.82, 2.24) is 19.4 Å². The molecule has 0 spiro atoms. The first-order chi connectivity index (χ1) is 18.8. The highest BCUT2D eigenvalue weighted by atomic mass is 32.2. The molecule has 1 amide bonds. The highest BCUT2D eigenvalue weighted by molar-refractivity contribution is 7.89. The monoisotopic (exact) mass is 575 g/mol. The summed E-state index contributed by atoms with van der Waals surface area (Å²) in [5.41, 5.74) is -0.201. The molecule has 1 aromatic heterocycles. The molecular weight excluding hydrogens is 548 g/mol. The van der Waals surface area contributed by atoms with Crippen molar-refractivity contribution >= 4 is 33.1 Å². The van der Waals surface area contributed by atoms with Crippen molar-refractivity contribution in [3.05, 3.63) is 75.0 Å². The maximum atomic E-state index is 13.8. The standard InChI is InChI=1S/C25H27F2N7O5S/c1-25(2)22-19(14-33(25)40(38,39)18-12-16(26)11-17(27)13-18)23(30-29-22)28-24(35)15-4-5-20(21(10-15)34(36)37)32-8-6-31(3)7-9-32/h4-5,10-13H,6-9,14H2,1-3H3,(H2,28,29,30,35). The second-order valence-electron chi connectivity index (χ2n) is 10.3. The van der Waals surface area contributed by atoms with E-state index in [1.807, 2.05) is 11.9 Å². The third-order valence-electron chi connectivity index (χ3n) is 7.34. The van der Waals surface area contributed by atoms with Crippen LogP contribution in [0.4, 0.5) is 26.0 Å². The summed E-state index contributed by atoms with van der Waals surface area (Å²) in [6, 6.07) is 6.29. The van der Waals surface area contributed by atoms with Crippen molar-refractivity contribution in [2.24, 2.45) is 0 Å². The number of nitrogens with zero attached hydrogens (tertiary/aromatic N) is 5. The largest absolute Gasteiger partial charge is 0.363 e. The topological polar surface area (TPSA) is 145 Å². The zero-order valence-corrected chi connectivity index (χ0v) is 22.8. The molecular formula is C25H27F2N7O5S. The summed E-state index contributed by atoms with van der Waals surface area (Å²) in [5, 5.41) is 21.3. The number of anilines is 2. The third kappa shape index (κ3) is 4.80. The number of aromatic nitrogens is 2. The van der Waals surface area contributed by atoms with Gasteiger partial charge in [0.2, 0.25) is 10.0 Å². The molecule has 12 nitrogen and oxygen atoms in total. The fraction of sp³-hybridized carbons (Fsp3) is 0.360. The van der Waals surface area contributed by atoms with Crippen LogP contribution in [0.1, 0.15) is 35.5 Å². The first kappa shape index (κ1) is 27.6. The lowest BCUT2D eigenvalue weighted by Crippen LogP contribution is -2.44. The van der Waals surface area contributed by atoms with E-state index in [9.17, 15) is 32.1 Å². The van der Waals surface area contributed by atoms with Crippen LogP contribution < -0.4 is 10.2 Å². The Bertz CT molecular complexity index is 1600. The molecule has 5 rings (SSSR count). The Morgan fingerprint density at radius 2 is 1.75 bits per heavy atom. The second kappa shape index (κ2) is 9.91. The van der Waals surface area contributed by atoms with Crippen LogP contribution in [-0.2, 0) is 22.1 Å². The molecule has 15 heteroatoms. The van der Waals surface area contributed by atoms with Crippen LogP contribution in [0.15, 0.2) is 41.3 Å². The van der Waals surface area contributed by atoms with Gasteiger partial charge in [-0.1, -0.05) is 0 Å². The van der Waals surface area contributed by atoms with Crippen LogP contribution in [-0.4, -0.2) is 71.9 Å². The van der Waals surface area contributed by atoms with Crippen LogP contribution in [0.3, 0.4) is 0 Å². The number of likely N-dealkylation sites (N-methyl/N-ethyl adjacent to an activating group) is 1. The maximum Gasteiger partial charge on any atom is 0.293 e. The zero-order valence-electron chi connectivity index (χ0n) is 21.9. The molecule has 40 heavy (non-hydrogen) atoms. The SMILES string of the molecule is CN1CCN(c2ccc(C(=O)Nc3n[nH]c4c3CN(S(=O)(=O)c3cc(F)cc(F)c3)C4(C)C)cc2[N+](=O)[O-])CC1. The van der Waals surface area contributed by atoms with E-state index in [2.05, 4.69) is 20.4 Å². The van der Waals surface area contributed by atoms with Crippen molar-refractivity contribution in [2.45, 2.75) is 30.8 Å². The number of hydrogen-bond acceptors (Lipinski definition) is 8. The minimum atomic E-state index is -4.35. The number of amides is 1. The molecule has 0 radical (unpaired) electrons. The van der Waals surface area contributed by atoms with Crippen LogP contribution in [0.2, 0.25) is 0 Å². The Morgan fingerprint density at radius 1 is 1.10 bits per heavy atom. The minimum Gasteiger partial charge on any atom is -0.363 e. The summed E-state index contributed by atoms with van der Waals surface area (Å²) in [4.78, 5) is 27.9. The quantitative estimate of drug-likeness (QED) is 0.337. The van der Waals surface area contributed by atoms with Gasteiger partial charge in [0, 0.05) is 56.0 Å². The lowest BCUT2D eigenvalue weighted by molar-refractivity contribution is -0.384. The van der Waals surface area contributed by atoms with Gasteiger partial charge in [-0.2, -0.15) is 9.40 Å². The molecule has 1 saturated heterocycles. The van der Waals surface area contributed by atoms with E-state index in [-0.39, 0.29) is 23.6 Å². The fourth-order valence-corrected chi connectivity index (χ4v) is 6.86. The summed E-state index contributed by atoms with van der Waals surface area (Å²) in [7, 11) is -2.38. The van der Waals surface area contributed by atoms with Gasteiger partial charge in [-0.05, 0) is 45.2 Å². The Labute approximate surface area is 228 Å². The van der Waals surface area contributed by atoms with Crippen LogP contribution >= 0.6 is 0 Å². The molecule has 2 aliphatic rings. The van der Waals surface area contributed by atoms with E-state index in [0.717, 1.165) is 29.5 Å². The number of fused-ring (bicyclic) bond motifs is 1. The number of nitro benzene ring substituents is 1. The van der Waals surface area contributed by atoms with Gasteiger partial charge >= 0.3 is 0 Å². The summed E-state index contributed by atoms with van der Waals surface area (Å²) < 4.78 is 55.4. The number of nitro groups is 1. The Kier molecular flexibility index (Phi) is 6.84. The number of carbonyl (C=O) groups is 1. The van der Waals surface area contributed by atoms with Crippen LogP contribution in [0.5, 0.6) is 0 Å². The molecule has 1 fully saturated rings. The smallest absolute Gasteiger partial charge is 0.293 e. The van der Waals surface area contributed by atoms with E-state index in [4.69, 9.17) is 0 Å². The van der Waals surface area contributed by atoms with Crippen molar-refractivity contribution in [1.29, 1.82) is 0 Å². The summed E-state index contributed by atoms with van der Waals surface area (Å²) in [5.74, 6) is -2.69. The Hall–Kier alpha value is -3.95. The van der Waals surface area contributed by atoms with Gasteiger partial charge in [0.05, 0.1) is 21.1 Å². The summed E-state index contributed by atoms with van der Waals surface area (Å²) in [6.07, 6.45) is 0. The molecule has 0 unspecified atom stereocenters. The van der Waals surface area contributed by atoms with Gasteiger partial charge in [-0.25, -0.2) is 17.2 Å². The number of benzene rings is 2. The van der Waals surface area contributed by atoms with Crippen molar-refractivity contribution in [2.75, 3.05) is 43.4 Å². The molecule has 0 saturated carbocycles. The molecule has 3 heterocycles. The molecule has 2 N–H and O–H groups in total. The molecule has 212 valence electrons. The highest BCUT2D eigenvalue weighted by Gasteiger charge is 2.48. The van der Waals surface area contributed by atoms with Crippen LogP contribution in [0, 0.1) is 21.7 Å².